The predicted molar refractivity (Wildman–Crippen MR) is 144 cm³/mol. The molecule has 10 nitrogen and oxygen atoms in total. The molecule has 0 radical (unpaired) electrons. The Kier molecular flexibility index (Phi) is 3.50. The quantitative estimate of drug-likeness (QED) is 0.322. The molecule has 214 valence electrons. The lowest BCUT2D eigenvalue weighted by molar-refractivity contribution is -0.144. The number of nitrogens with one attached hydrogen (secondary N) is 3. The minimum atomic E-state index is -4.09. The first-order valence-electron chi connectivity index (χ1n) is 22.1. The molecule has 3 rings (SSSR count). The summed E-state index contributed by atoms with van der Waals surface area (Å²) in [6.45, 7) is -21.3. The predicted octanol–water partition coefficient (Wildman–Crippen LogP) is 2.10. The Morgan fingerprint density at radius 3 is 2.24 bits per heavy atom. The van der Waals surface area contributed by atoms with Crippen LogP contribution in [-0.4, -0.2) is 64.6 Å². The number of nitrogens with zero attached hydrogens (tertiary/aromatic N) is 1. The van der Waals surface area contributed by atoms with Crippen LogP contribution in [-0.2, 0) is 19.2 Å². The van der Waals surface area contributed by atoms with Crippen molar-refractivity contribution in [3.05, 3.63) is 0 Å². The highest BCUT2D eigenvalue weighted by Crippen LogP contribution is 2.65. The van der Waals surface area contributed by atoms with Gasteiger partial charge in [-0.1, -0.05) is 53.7 Å². The average molecular weight is 554 g/mol. The molecule has 1 unspecified atom stereocenters. The SMILES string of the molecule is [2H]C([2H])(C1CCC1)C(NC(=O)[C@@H]1[C@@H]2[C@H](CN1C(=O)[C@H](CC(C([2H])([2H])[2H])(C([2H])([2H])[2H])C([2H])([2H])[2H])NC(=O)NC(C([2H])([2H])[2H])(C([2H])([2H])[2H])C([2H])([2H])[2H])C2(C)C)C(=O)C(N)=O. The van der Waals surface area contributed by atoms with E-state index in [1.807, 2.05) is 0 Å². The number of fused-ring (bicyclic) bond motifs is 1. The van der Waals surface area contributed by atoms with Crippen LogP contribution in [0.3, 0.4) is 0 Å². The normalized spacial score (nSPS) is 36.1. The summed E-state index contributed by atoms with van der Waals surface area (Å²) >= 11 is 0. The fourth-order valence-electron chi connectivity index (χ4n) is 5.25. The van der Waals surface area contributed by atoms with Crippen LogP contribution in [0.15, 0.2) is 0 Å². The van der Waals surface area contributed by atoms with Crippen molar-refractivity contribution in [3.63, 3.8) is 0 Å². The monoisotopic (exact) mass is 553 g/mol. The number of piperidine rings is 1. The number of amides is 5. The van der Waals surface area contributed by atoms with Gasteiger partial charge in [0.25, 0.3) is 5.91 Å². The van der Waals surface area contributed by atoms with Gasteiger partial charge in [0.05, 0.1) is 6.04 Å². The summed E-state index contributed by atoms with van der Waals surface area (Å²) in [6.07, 6.45) is -3.28. The van der Waals surface area contributed by atoms with Crippen LogP contribution in [0.25, 0.3) is 0 Å². The number of urea groups is 1. The Morgan fingerprint density at radius 2 is 1.71 bits per heavy atom. The number of Topliss-reactive ketones (excluding diaryl/α,β-unsaturated/α-hetero) is 1. The van der Waals surface area contributed by atoms with Gasteiger partial charge >= 0.3 is 6.03 Å². The second-order valence-corrected chi connectivity index (χ2v) is 10.9. The first-order chi connectivity index (χ1) is 25.6. The molecule has 5 amide bonds. The summed E-state index contributed by atoms with van der Waals surface area (Å²) < 4.78 is 161. The number of likely N-dealkylation sites (tertiary alicyclic amines) is 1. The smallest absolute Gasteiger partial charge is 0.315 e. The molecule has 0 spiro atoms. The van der Waals surface area contributed by atoms with Gasteiger partial charge in [0, 0.05) is 39.5 Å². The van der Waals surface area contributed by atoms with Crippen molar-refractivity contribution in [1.29, 1.82) is 0 Å². The van der Waals surface area contributed by atoms with Gasteiger partial charge in [0.2, 0.25) is 17.6 Å². The molecule has 2 saturated carbocycles. The zero-order valence-corrected chi connectivity index (χ0v) is 21.1. The molecule has 3 aliphatic rings. The van der Waals surface area contributed by atoms with Gasteiger partial charge < -0.3 is 26.6 Å². The van der Waals surface area contributed by atoms with E-state index < -0.39 is 142 Å². The minimum absolute atomic E-state index is 0.275. The van der Waals surface area contributed by atoms with Crippen LogP contribution in [0.1, 0.15) is 114 Å². The van der Waals surface area contributed by atoms with E-state index >= 15 is 0 Å². The first kappa shape index (κ1) is 12.7. The molecule has 1 saturated heterocycles. The number of primary amides is 1. The van der Waals surface area contributed by atoms with Crippen LogP contribution >= 0.6 is 0 Å². The summed E-state index contributed by atoms with van der Waals surface area (Å²) in [5.74, 6) is -8.20. The van der Waals surface area contributed by atoms with E-state index in [0.717, 1.165) is 0 Å². The molecule has 38 heavy (non-hydrogen) atoms. The van der Waals surface area contributed by atoms with Crippen molar-refractivity contribution in [2.24, 2.45) is 34.3 Å². The molecule has 0 aromatic rings. The van der Waals surface area contributed by atoms with Crippen LogP contribution in [0.5, 0.6) is 0 Å². The van der Waals surface area contributed by atoms with E-state index in [2.05, 4.69) is 5.32 Å². The third kappa shape index (κ3) is 6.86. The van der Waals surface area contributed by atoms with E-state index in [1.165, 1.54) is 5.32 Å². The van der Waals surface area contributed by atoms with E-state index in [1.54, 1.807) is 19.2 Å². The minimum Gasteiger partial charge on any atom is -0.363 e. The first-order valence-corrected chi connectivity index (χ1v) is 12.1. The van der Waals surface area contributed by atoms with Gasteiger partial charge in [-0.3, -0.25) is 19.2 Å². The Balaban J connectivity index is 2.24. The number of ketones is 1. The van der Waals surface area contributed by atoms with Crippen LogP contribution < -0.4 is 21.7 Å². The van der Waals surface area contributed by atoms with Crippen molar-refractivity contribution in [3.8, 4) is 0 Å². The average Bonchev–Trinajstić information content (AvgIpc) is 3.26. The maximum Gasteiger partial charge on any atom is 0.315 e. The number of carbonyl (C=O) groups is 5. The molecular formula is C28H47N5O5. The van der Waals surface area contributed by atoms with Gasteiger partial charge in [-0.25, -0.2) is 4.79 Å². The summed E-state index contributed by atoms with van der Waals surface area (Å²) in [4.78, 5) is 68.2. The number of nitrogens with two attached hydrogens (primary N) is 1. The van der Waals surface area contributed by atoms with Crippen LogP contribution in [0, 0.1) is 28.6 Å². The highest BCUT2D eigenvalue weighted by molar-refractivity contribution is 6.37. The molecule has 0 aromatic heterocycles. The molecule has 5 N–H and O–H groups in total. The van der Waals surface area contributed by atoms with Crippen molar-refractivity contribution in [2.75, 3.05) is 6.54 Å². The molecular weight excluding hydrogens is 486 g/mol. The number of hydrogen-bond donors (Lipinski definition) is 4. The van der Waals surface area contributed by atoms with E-state index in [9.17, 15) is 24.0 Å². The third-order valence-corrected chi connectivity index (χ3v) is 7.47. The van der Waals surface area contributed by atoms with Crippen molar-refractivity contribution in [1.82, 2.24) is 20.9 Å². The zero-order valence-electron chi connectivity index (χ0n) is 41.1. The van der Waals surface area contributed by atoms with Crippen molar-refractivity contribution in [2.45, 2.75) is 111 Å². The Labute approximate surface area is 254 Å². The Hall–Kier alpha value is -2.65. The van der Waals surface area contributed by atoms with Crippen molar-refractivity contribution < 1.29 is 51.4 Å². The van der Waals surface area contributed by atoms with E-state index in [0.29, 0.717) is 11.3 Å². The zero-order chi connectivity index (χ0) is 45.6. The fourth-order valence-corrected chi connectivity index (χ4v) is 5.25. The molecule has 5 atom stereocenters. The lowest BCUT2D eigenvalue weighted by atomic mass is 9.80. The third-order valence-electron chi connectivity index (χ3n) is 7.47. The van der Waals surface area contributed by atoms with Gasteiger partial charge in [-0.05, 0) is 61.9 Å². The second kappa shape index (κ2) is 10.5. The largest absolute Gasteiger partial charge is 0.363 e. The van der Waals surface area contributed by atoms with E-state index in [4.69, 9.17) is 33.1 Å². The standard InChI is InChI=1S/C28H47N5O5/c1-26(2,3)13-18(31-25(38)32-27(4,5)6)24(37)33-14-16-19(28(16,7)8)20(33)23(36)30-17(21(34)22(29)35)12-15-10-9-11-15/h15-20H,9-14H2,1-8H3,(H2,29,35)(H,30,36)(H2,31,32,38)/t16-,17?,18-,19-,20-/m0/s1/i1D3,2D3,3D3,4D3,5D3,6D3,12D2. The highest BCUT2D eigenvalue weighted by atomic mass is 16.2. The number of hydrogen-bond acceptors (Lipinski definition) is 5. The number of carbonyl (C=O) groups excluding carboxylic acids is 5. The van der Waals surface area contributed by atoms with Gasteiger partial charge in [0.1, 0.15) is 12.1 Å². The maximum atomic E-state index is 14.7. The molecule has 3 fully saturated rings. The van der Waals surface area contributed by atoms with Crippen LogP contribution in [0.4, 0.5) is 4.79 Å². The van der Waals surface area contributed by atoms with Gasteiger partial charge in [-0.2, -0.15) is 0 Å². The summed E-state index contributed by atoms with van der Waals surface area (Å²) in [5, 5.41) is 5.25. The molecule has 0 aromatic carbocycles. The summed E-state index contributed by atoms with van der Waals surface area (Å²) in [6, 6.07) is -8.75. The van der Waals surface area contributed by atoms with Gasteiger partial charge in [0.15, 0.2) is 0 Å². The second-order valence-electron chi connectivity index (χ2n) is 10.9. The maximum absolute atomic E-state index is 14.7. The summed E-state index contributed by atoms with van der Waals surface area (Å²) in [7, 11) is 0. The Morgan fingerprint density at radius 1 is 1.05 bits per heavy atom. The Bertz CT molecular complexity index is 1570. The molecule has 10 heteroatoms. The fraction of sp³-hybridized carbons (Fsp3) is 0.821. The molecule has 0 bridgehead atoms. The lowest BCUT2D eigenvalue weighted by Gasteiger charge is -2.36. The molecule has 1 aliphatic heterocycles. The molecule has 2 aliphatic carbocycles. The highest BCUT2D eigenvalue weighted by Gasteiger charge is 2.69. The number of rotatable bonds is 9. The van der Waals surface area contributed by atoms with E-state index in [-0.39, 0.29) is 12.8 Å². The lowest BCUT2D eigenvalue weighted by Crippen LogP contribution is -2.60. The topological polar surface area (TPSA) is 151 Å². The van der Waals surface area contributed by atoms with Crippen molar-refractivity contribution >= 4 is 29.5 Å². The summed E-state index contributed by atoms with van der Waals surface area (Å²) in [5.41, 5.74) is -3.57. The van der Waals surface area contributed by atoms with Gasteiger partial charge in [-0.15, -0.1) is 0 Å². The van der Waals surface area contributed by atoms with Crippen LogP contribution in [0.2, 0.25) is 0 Å². The molecule has 1 heterocycles.